The summed E-state index contributed by atoms with van der Waals surface area (Å²) in [5, 5.41) is 0. The highest BCUT2D eigenvalue weighted by Crippen LogP contribution is 2.34. The highest BCUT2D eigenvalue weighted by atomic mass is 15.2. The molecule has 4 nitrogen and oxygen atoms in total. The number of benzene rings is 3. The lowest BCUT2D eigenvalue weighted by Crippen LogP contribution is -2.58. The molecule has 0 bridgehead atoms. The van der Waals surface area contributed by atoms with Gasteiger partial charge < -0.3 is 8.80 Å². The van der Waals surface area contributed by atoms with E-state index in [1.807, 2.05) is 0 Å². The van der Waals surface area contributed by atoms with E-state index in [1.165, 1.54) is 66.7 Å². The third kappa shape index (κ3) is 1.49. The summed E-state index contributed by atoms with van der Waals surface area (Å²) >= 11 is 0. The van der Waals surface area contributed by atoms with Crippen LogP contribution in [0.5, 0.6) is 0 Å². The predicted molar refractivity (Wildman–Crippen MR) is 131 cm³/mol. The van der Waals surface area contributed by atoms with Crippen molar-refractivity contribution >= 4 is 56.5 Å². The molecule has 0 fully saturated rings. The van der Waals surface area contributed by atoms with Gasteiger partial charge in [0.05, 0.1) is 22.1 Å². The molecule has 148 valence electrons. The Balaban J connectivity index is 1.58. The van der Waals surface area contributed by atoms with E-state index in [-0.39, 0.29) is 6.71 Å². The van der Waals surface area contributed by atoms with E-state index >= 15 is 0 Å². The summed E-state index contributed by atoms with van der Waals surface area (Å²) in [6, 6.07) is 26.9. The van der Waals surface area contributed by atoms with Gasteiger partial charge in [-0.3, -0.25) is 9.13 Å². The zero-order chi connectivity index (χ0) is 20.7. The van der Waals surface area contributed by atoms with E-state index in [9.17, 15) is 0 Å². The van der Waals surface area contributed by atoms with Crippen LogP contribution in [0.4, 0.5) is 0 Å². The zero-order valence-electron chi connectivity index (χ0n) is 17.4. The van der Waals surface area contributed by atoms with Crippen LogP contribution in [0, 0.1) is 6.92 Å². The molecule has 0 saturated carbocycles. The normalized spacial score (nSPS) is 13.7. The van der Waals surface area contributed by atoms with E-state index in [1.54, 1.807) is 0 Å². The molecule has 9 rings (SSSR count). The Bertz CT molecular complexity index is 1820. The minimum Gasteiger partial charge on any atom is -0.301 e. The maximum Gasteiger partial charge on any atom is 0.256 e. The van der Waals surface area contributed by atoms with E-state index in [4.69, 9.17) is 0 Å². The standard InChI is InChI=1S/C27H17BN4/c1-16-14-23-25-24(15-16)32-22-9-5-3-7-20(22)30-13-11-18(27(30)32)28(25)17-10-12-29-19-6-2-4-8-21(19)31(23)26(17)29/h2-15H,1H3. The van der Waals surface area contributed by atoms with Crippen LogP contribution in [0.3, 0.4) is 0 Å². The smallest absolute Gasteiger partial charge is 0.256 e. The first-order valence-corrected chi connectivity index (χ1v) is 11.2. The van der Waals surface area contributed by atoms with Crippen LogP contribution in [0.15, 0.2) is 85.2 Å². The van der Waals surface area contributed by atoms with Gasteiger partial charge in [-0.1, -0.05) is 24.3 Å². The number of aromatic nitrogens is 4. The molecule has 0 N–H and O–H groups in total. The molecule has 0 amide bonds. The number of imidazole rings is 2. The quantitative estimate of drug-likeness (QED) is 0.342. The van der Waals surface area contributed by atoms with Crippen LogP contribution in [0.1, 0.15) is 5.56 Å². The van der Waals surface area contributed by atoms with Crippen LogP contribution in [-0.4, -0.2) is 24.6 Å². The molecule has 0 aliphatic carbocycles. The van der Waals surface area contributed by atoms with Gasteiger partial charge in [-0.25, -0.2) is 0 Å². The summed E-state index contributed by atoms with van der Waals surface area (Å²) in [4.78, 5) is 0. The van der Waals surface area contributed by atoms with Gasteiger partial charge in [-0.05, 0) is 77.4 Å². The third-order valence-corrected chi connectivity index (χ3v) is 7.64. The summed E-state index contributed by atoms with van der Waals surface area (Å²) in [6.07, 6.45) is 4.50. The average molecular weight is 408 g/mol. The van der Waals surface area contributed by atoms with E-state index in [0.29, 0.717) is 0 Å². The largest absolute Gasteiger partial charge is 0.301 e. The summed E-state index contributed by atoms with van der Waals surface area (Å²) in [7, 11) is 0. The monoisotopic (exact) mass is 408 g/mol. The first kappa shape index (κ1) is 15.7. The van der Waals surface area contributed by atoms with Gasteiger partial charge >= 0.3 is 0 Å². The van der Waals surface area contributed by atoms with E-state index in [0.717, 1.165) is 0 Å². The molecule has 32 heavy (non-hydrogen) atoms. The van der Waals surface area contributed by atoms with Crippen molar-refractivity contribution in [2.75, 3.05) is 0 Å². The Morgan fingerprint density at radius 1 is 0.594 bits per heavy atom. The summed E-state index contributed by atoms with van der Waals surface area (Å²) in [5.41, 5.74) is 15.7. The van der Waals surface area contributed by atoms with Crippen molar-refractivity contribution in [1.82, 2.24) is 17.9 Å². The van der Waals surface area contributed by atoms with Crippen LogP contribution in [0.2, 0.25) is 0 Å². The SMILES string of the molecule is Cc1cc2c3c(c1)-n1c4ccccc4n4ccc(c14)B3c1ccn3c4ccccc4n-2c13. The highest BCUT2D eigenvalue weighted by molar-refractivity contribution is 6.99. The van der Waals surface area contributed by atoms with E-state index < -0.39 is 0 Å². The van der Waals surface area contributed by atoms with Gasteiger partial charge in [0, 0.05) is 23.8 Å². The lowest BCUT2D eigenvalue weighted by atomic mass is 9.35. The maximum atomic E-state index is 2.48. The van der Waals surface area contributed by atoms with Gasteiger partial charge in [0.25, 0.3) is 6.71 Å². The Morgan fingerprint density at radius 3 is 1.56 bits per heavy atom. The van der Waals surface area contributed by atoms with Gasteiger partial charge in [-0.2, -0.15) is 0 Å². The number of hydrogen-bond donors (Lipinski definition) is 0. The number of hydrogen-bond acceptors (Lipinski definition) is 0. The van der Waals surface area contributed by atoms with Crippen LogP contribution in [-0.2, 0) is 0 Å². The van der Waals surface area contributed by atoms with Crippen LogP contribution >= 0.6 is 0 Å². The molecule has 0 saturated heterocycles. The van der Waals surface area contributed by atoms with Crippen molar-refractivity contribution in [3.05, 3.63) is 90.8 Å². The molecule has 0 unspecified atom stereocenters. The first-order valence-electron chi connectivity index (χ1n) is 11.2. The molecule has 7 aromatic rings. The molecule has 6 heterocycles. The first-order chi connectivity index (χ1) is 15.8. The predicted octanol–water partition coefficient (Wildman–Crippen LogP) is 3.53. The lowest BCUT2D eigenvalue weighted by Gasteiger charge is -2.31. The van der Waals surface area contributed by atoms with Gasteiger partial charge in [0.1, 0.15) is 11.3 Å². The number of nitrogens with zero attached hydrogens (tertiary/aromatic N) is 4. The van der Waals surface area contributed by atoms with Crippen molar-refractivity contribution in [1.29, 1.82) is 0 Å². The fourth-order valence-corrected chi connectivity index (χ4v) is 6.53. The van der Waals surface area contributed by atoms with Crippen molar-refractivity contribution in [2.24, 2.45) is 0 Å². The minimum atomic E-state index is 0.240. The average Bonchev–Trinajstić information content (AvgIpc) is 3.56. The lowest BCUT2D eigenvalue weighted by molar-refractivity contribution is 1.10. The molecule has 0 atom stereocenters. The molecule has 4 aromatic heterocycles. The van der Waals surface area contributed by atoms with Crippen LogP contribution < -0.4 is 16.4 Å². The molecule has 0 radical (unpaired) electrons. The van der Waals surface area contributed by atoms with Crippen molar-refractivity contribution in [2.45, 2.75) is 6.92 Å². The summed E-state index contributed by atoms with van der Waals surface area (Å²) < 4.78 is 9.70. The Kier molecular flexibility index (Phi) is 2.38. The van der Waals surface area contributed by atoms with Crippen molar-refractivity contribution in [3.8, 4) is 11.4 Å². The molecule has 0 spiro atoms. The number of para-hydroxylation sites is 4. The summed E-state index contributed by atoms with van der Waals surface area (Å²) in [6.45, 7) is 2.46. The van der Waals surface area contributed by atoms with Gasteiger partial charge in [0.15, 0.2) is 0 Å². The Hall–Kier alpha value is -4.12. The molecule has 3 aromatic carbocycles. The number of rotatable bonds is 0. The van der Waals surface area contributed by atoms with Crippen LogP contribution in [0.25, 0.3) is 44.7 Å². The molecule has 2 aliphatic heterocycles. The Morgan fingerprint density at radius 2 is 1.06 bits per heavy atom. The molecular weight excluding hydrogens is 391 g/mol. The second kappa shape index (κ2) is 4.86. The minimum absolute atomic E-state index is 0.240. The van der Waals surface area contributed by atoms with E-state index in [2.05, 4.69) is 110 Å². The van der Waals surface area contributed by atoms with Crippen molar-refractivity contribution < 1.29 is 0 Å². The third-order valence-electron chi connectivity index (χ3n) is 7.64. The van der Waals surface area contributed by atoms with Gasteiger partial charge in [-0.15, -0.1) is 0 Å². The number of fused-ring (bicyclic) bond motifs is 10. The topological polar surface area (TPSA) is 18.7 Å². The summed E-state index contributed by atoms with van der Waals surface area (Å²) in [5.74, 6) is 0. The zero-order valence-corrected chi connectivity index (χ0v) is 17.4. The highest BCUT2D eigenvalue weighted by Gasteiger charge is 2.41. The Labute approximate surface area is 183 Å². The second-order valence-corrected chi connectivity index (χ2v) is 9.23. The fourth-order valence-electron chi connectivity index (χ4n) is 6.53. The molecular formula is C27H17BN4. The molecule has 2 aliphatic rings. The fraction of sp³-hybridized carbons (Fsp3) is 0.0370. The second-order valence-electron chi connectivity index (χ2n) is 9.23. The maximum absolute atomic E-state index is 2.48. The number of aryl methyl sites for hydroxylation is 1. The molecule has 5 heteroatoms. The van der Waals surface area contributed by atoms with Gasteiger partial charge in [0.2, 0.25) is 0 Å². The van der Waals surface area contributed by atoms with Crippen molar-refractivity contribution in [3.63, 3.8) is 0 Å².